The van der Waals surface area contributed by atoms with E-state index in [-0.39, 0.29) is 19.2 Å². The van der Waals surface area contributed by atoms with Gasteiger partial charge in [-0.05, 0) is 35.2 Å². The van der Waals surface area contributed by atoms with Crippen LogP contribution in [0.25, 0.3) is 0 Å². The summed E-state index contributed by atoms with van der Waals surface area (Å²) in [5, 5.41) is 0. The Morgan fingerprint density at radius 1 is 0.600 bits per heavy atom. The molecule has 0 N–H and O–H groups in total. The number of unbranched alkanes of at least 4 members (excludes halogenated alkanes) is 12. The van der Waals surface area contributed by atoms with Gasteiger partial charge in [0, 0.05) is 18.8 Å². The molecule has 0 saturated carbocycles. The maximum absolute atomic E-state index is 13.2. The van der Waals surface area contributed by atoms with Crippen molar-refractivity contribution in [2.24, 2.45) is 0 Å². The van der Waals surface area contributed by atoms with Gasteiger partial charge >= 0.3 is 11.9 Å². The quantitative estimate of drug-likeness (QED) is 0.0417. The largest absolute Gasteiger partial charge is 0.458 e. The van der Waals surface area contributed by atoms with Crippen LogP contribution in [-0.4, -0.2) is 36.2 Å². The summed E-state index contributed by atoms with van der Waals surface area (Å²) in [4.78, 5) is 30.1. The summed E-state index contributed by atoms with van der Waals surface area (Å²) in [5.41, 5.74) is 2.12. The van der Waals surface area contributed by atoms with Crippen LogP contribution in [0.1, 0.15) is 124 Å². The summed E-state index contributed by atoms with van der Waals surface area (Å²) < 4.78 is 18.6. The second-order valence-electron chi connectivity index (χ2n) is 13.0. The summed E-state index contributed by atoms with van der Waals surface area (Å²) in [7, 11) is 0. The number of hydrogen-bond donors (Lipinski definition) is 0. The lowest BCUT2D eigenvalue weighted by molar-refractivity contribution is -0.158. The topological polar surface area (TPSA) is 74.7 Å². The number of esters is 2. The second-order valence-corrected chi connectivity index (χ2v) is 13.0. The highest BCUT2D eigenvalue weighted by Gasteiger charge is 2.38. The lowest BCUT2D eigenvalue weighted by Crippen LogP contribution is -2.38. The van der Waals surface area contributed by atoms with Crippen molar-refractivity contribution in [3.63, 3.8) is 0 Å². The normalized spacial score (nSPS) is 11.9. The number of nitrogens with zero attached hydrogens (tertiary/aromatic N) is 1. The molecule has 0 bridgehead atoms. The SMILES string of the molecule is CCCCCCCCCCCCCCCC(=O)OC(COC(=O)c1cccnc1)COC(c1ccccc1)(c1ccccc1)c1ccccc1. The maximum Gasteiger partial charge on any atom is 0.339 e. The van der Waals surface area contributed by atoms with Crippen molar-refractivity contribution < 1.29 is 23.8 Å². The van der Waals surface area contributed by atoms with Gasteiger partial charge in [0.1, 0.15) is 12.2 Å². The Labute approximate surface area is 299 Å². The molecule has 0 spiro atoms. The average Bonchev–Trinajstić information content (AvgIpc) is 3.17. The van der Waals surface area contributed by atoms with Gasteiger partial charge < -0.3 is 14.2 Å². The first-order valence-electron chi connectivity index (χ1n) is 18.7. The Kier molecular flexibility index (Phi) is 17.3. The third-order valence-corrected chi connectivity index (χ3v) is 9.11. The molecule has 0 radical (unpaired) electrons. The summed E-state index contributed by atoms with van der Waals surface area (Å²) in [5.74, 6) is -0.847. The maximum atomic E-state index is 13.2. The van der Waals surface area contributed by atoms with Crippen LogP contribution in [0.3, 0.4) is 0 Å². The van der Waals surface area contributed by atoms with E-state index in [1.54, 1.807) is 18.3 Å². The molecule has 0 aliphatic heterocycles. The Bertz CT molecular complexity index is 1380. The molecule has 4 aromatic rings. The van der Waals surface area contributed by atoms with Crippen LogP contribution in [0.5, 0.6) is 0 Å². The highest BCUT2D eigenvalue weighted by Crippen LogP contribution is 2.40. The number of pyridine rings is 1. The highest BCUT2D eigenvalue weighted by atomic mass is 16.6. The number of carbonyl (C=O) groups excluding carboxylic acids is 2. The number of rotatable bonds is 24. The molecule has 1 atom stereocenters. The van der Waals surface area contributed by atoms with Crippen molar-refractivity contribution in [2.75, 3.05) is 13.2 Å². The van der Waals surface area contributed by atoms with Gasteiger partial charge in [-0.1, -0.05) is 175 Å². The molecule has 0 fully saturated rings. The Morgan fingerprint density at radius 3 is 1.54 bits per heavy atom. The van der Waals surface area contributed by atoms with Gasteiger partial charge in [0.25, 0.3) is 0 Å². The van der Waals surface area contributed by atoms with Crippen LogP contribution in [0.15, 0.2) is 116 Å². The Balaban J connectivity index is 1.38. The molecule has 0 aliphatic rings. The van der Waals surface area contributed by atoms with E-state index in [9.17, 15) is 9.59 Å². The van der Waals surface area contributed by atoms with Gasteiger partial charge in [0.15, 0.2) is 6.10 Å². The van der Waals surface area contributed by atoms with E-state index >= 15 is 0 Å². The minimum Gasteiger partial charge on any atom is -0.458 e. The molecule has 6 heteroatoms. The smallest absolute Gasteiger partial charge is 0.339 e. The first kappa shape index (κ1) is 38.5. The van der Waals surface area contributed by atoms with Gasteiger partial charge in [-0.25, -0.2) is 4.79 Å². The van der Waals surface area contributed by atoms with Crippen molar-refractivity contribution in [3.8, 4) is 0 Å². The summed E-state index contributed by atoms with van der Waals surface area (Å²) >= 11 is 0. The molecular weight excluding hydrogens is 622 g/mol. The van der Waals surface area contributed by atoms with E-state index in [0.29, 0.717) is 12.0 Å². The Morgan fingerprint density at radius 2 is 1.08 bits per heavy atom. The summed E-state index contributed by atoms with van der Waals surface area (Å²) in [6.07, 6.45) is 18.6. The summed E-state index contributed by atoms with van der Waals surface area (Å²) in [6.45, 7) is 2.12. The van der Waals surface area contributed by atoms with Crippen LogP contribution in [0, 0.1) is 0 Å². The van der Waals surface area contributed by atoms with Crippen LogP contribution in [0.4, 0.5) is 0 Å². The molecule has 4 rings (SSSR count). The number of hydrogen-bond acceptors (Lipinski definition) is 6. The highest BCUT2D eigenvalue weighted by molar-refractivity contribution is 5.88. The molecule has 266 valence electrons. The van der Waals surface area contributed by atoms with E-state index in [2.05, 4.69) is 11.9 Å². The van der Waals surface area contributed by atoms with Gasteiger partial charge in [-0.2, -0.15) is 0 Å². The van der Waals surface area contributed by atoms with Gasteiger partial charge in [-0.15, -0.1) is 0 Å². The van der Waals surface area contributed by atoms with Crippen molar-refractivity contribution in [1.29, 1.82) is 0 Å². The van der Waals surface area contributed by atoms with Crippen LogP contribution < -0.4 is 0 Å². The number of benzene rings is 3. The monoisotopic (exact) mass is 677 g/mol. The fraction of sp³-hybridized carbons (Fsp3) is 0.432. The minimum absolute atomic E-state index is 0.00332. The molecule has 3 aromatic carbocycles. The second kappa shape index (κ2) is 22.4. The zero-order chi connectivity index (χ0) is 35.1. The predicted molar refractivity (Wildman–Crippen MR) is 200 cm³/mol. The van der Waals surface area contributed by atoms with Crippen LogP contribution >= 0.6 is 0 Å². The van der Waals surface area contributed by atoms with Crippen molar-refractivity contribution in [3.05, 3.63) is 138 Å². The van der Waals surface area contributed by atoms with Crippen LogP contribution in [-0.2, 0) is 24.6 Å². The first-order chi connectivity index (χ1) is 24.6. The van der Waals surface area contributed by atoms with Gasteiger partial charge in [0.05, 0.1) is 12.2 Å². The van der Waals surface area contributed by atoms with Gasteiger partial charge in [0.2, 0.25) is 0 Å². The Hall–Kier alpha value is -4.29. The lowest BCUT2D eigenvalue weighted by Gasteiger charge is -2.37. The molecule has 1 aromatic heterocycles. The number of carbonyl (C=O) groups is 2. The minimum atomic E-state index is -1.00. The molecule has 0 amide bonds. The molecule has 1 heterocycles. The van der Waals surface area contributed by atoms with E-state index in [1.165, 1.54) is 70.4 Å². The van der Waals surface area contributed by atoms with E-state index in [0.717, 1.165) is 36.0 Å². The van der Waals surface area contributed by atoms with E-state index < -0.39 is 17.7 Å². The molecule has 0 saturated heterocycles. The van der Waals surface area contributed by atoms with Crippen molar-refractivity contribution >= 4 is 11.9 Å². The van der Waals surface area contributed by atoms with Crippen molar-refractivity contribution in [2.45, 2.75) is 109 Å². The zero-order valence-corrected chi connectivity index (χ0v) is 29.8. The van der Waals surface area contributed by atoms with Crippen molar-refractivity contribution in [1.82, 2.24) is 4.98 Å². The third kappa shape index (κ3) is 12.5. The van der Waals surface area contributed by atoms with E-state index in [4.69, 9.17) is 14.2 Å². The molecule has 50 heavy (non-hydrogen) atoms. The fourth-order valence-electron chi connectivity index (χ4n) is 6.37. The molecule has 0 aliphatic carbocycles. The predicted octanol–water partition coefficient (Wildman–Crippen LogP) is 10.6. The first-order valence-corrected chi connectivity index (χ1v) is 18.7. The third-order valence-electron chi connectivity index (χ3n) is 9.11. The van der Waals surface area contributed by atoms with Gasteiger partial charge in [-0.3, -0.25) is 9.78 Å². The number of aromatic nitrogens is 1. The zero-order valence-electron chi connectivity index (χ0n) is 29.8. The fourth-order valence-corrected chi connectivity index (χ4v) is 6.37. The molecule has 6 nitrogen and oxygen atoms in total. The number of ether oxygens (including phenoxy) is 3. The summed E-state index contributed by atoms with van der Waals surface area (Å²) in [6, 6.07) is 33.4. The van der Waals surface area contributed by atoms with Crippen LogP contribution in [0.2, 0.25) is 0 Å². The van der Waals surface area contributed by atoms with E-state index in [1.807, 2.05) is 91.0 Å². The molecular formula is C44H55NO5. The lowest BCUT2D eigenvalue weighted by atomic mass is 9.80. The standard InChI is InChI=1S/C44H55NO5/c1-2-3-4-5-6-7-8-9-10-11-12-13-23-32-42(46)50-41(35-48-43(47)37-25-24-33-45-34-37)36-49-44(38-26-17-14-18-27-38,39-28-19-15-20-29-39)40-30-21-16-22-31-40/h14-22,24-31,33-34,41H,2-13,23,32,35-36H2,1H3. The molecule has 1 unspecified atom stereocenters. The average molecular weight is 678 g/mol.